The maximum atomic E-state index is 12.6. The van der Waals surface area contributed by atoms with E-state index >= 15 is 0 Å². The van der Waals surface area contributed by atoms with Crippen molar-refractivity contribution in [3.8, 4) is 5.75 Å². The van der Waals surface area contributed by atoms with Gasteiger partial charge in [-0.2, -0.15) is 13.2 Å². The molecule has 148 valence electrons. The van der Waals surface area contributed by atoms with Crippen LogP contribution in [0.25, 0.3) is 0 Å². The molecule has 1 amide bonds. The second-order valence-electron chi connectivity index (χ2n) is 5.94. The van der Waals surface area contributed by atoms with Crippen LogP contribution in [-0.4, -0.2) is 35.7 Å². The van der Waals surface area contributed by atoms with Crippen molar-refractivity contribution in [1.29, 1.82) is 0 Å². The number of benzene rings is 2. The largest absolute Gasteiger partial charge is 0.484 e. The van der Waals surface area contributed by atoms with Gasteiger partial charge in [0.2, 0.25) is 0 Å². The third-order valence-corrected chi connectivity index (χ3v) is 5.27. The summed E-state index contributed by atoms with van der Waals surface area (Å²) in [4.78, 5) is 18.3. The maximum absolute atomic E-state index is 12.6. The monoisotopic (exact) mass is 428 g/mol. The van der Waals surface area contributed by atoms with Crippen molar-refractivity contribution in [3.05, 3.63) is 64.7 Å². The molecule has 9 heteroatoms. The van der Waals surface area contributed by atoms with Gasteiger partial charge in [0.1, 0.15) is 5.75 Å². The topological polar surface area (TPSA) is 41.9 Å². The summed E-state index contributed by atoms with van der Waals surface area (Å²) in [6.45, 7) is 0.807. The van der Waals surface area contributed by atoms with Crippen LogP contribution in [0, 0.1) is 0 Å². The van der Waals surface area contributed by atoms with E-state index in [4.69, 9.17) is 16.3 Å². The van der Waals surface area contributed by atoms with E-state index in [1.807, 2.05) is 0 Å². The normalized spacial score (nSPS) is 14.1. The number of ether oxygens (including phenoxy) is 1. The number of alkyl halides is 3. The van der Waals surface area contributed by atoms with Crippen LogP contribution in [0.5, 0.6) is 5.75 Å². The average Bonchev–Trinajstić information content (AvgIpc) is 3.14. The van der Waals surface area contributed by atoms with E-state index in [0.29, 0.717) is 34.8 Å². The van der Waals surface area contributed by atoms with Crippen molar-refractivity contribution in [1.82, 2.24) is 4.90 Å². The van der Waals surface area contributed by atoms with Gasteiger partial charge in [0.05, 0.1) is 12.1 Å². The van der Waals surface area contributed by atoms with Gasteiger partial charge in [0.25, 0.3) is 5.91 Å². The van der Waals surface area contributed by atoms with Gasteiger partial charge in [0, 0.05) is 17.3 Å². The minimum atomic E-state index is -4.35. The lowest BCUT2D eigenvalue weighted by atomic mass is 10.1. The predicted molar refractivity (Wildman–Crippen MR) is 104 cm³/mol. The van der Waals surface area contributed by atoms with E-state index in [1.54, 1.807) is 24.3 Å². The maximum Gasteiger partial charge on any atom is 0.416 e. The van der Waals surface area contributed by atoms with E-state index in [9.17, 15) is 18.0 Å². The molecule has 1 aliphatic rings. The van der Waals surface area contributed by atoms with Gasteiger partial charge in [0.15, 0.2) is 11.8 Å². The molecule has 0 spiro atoms. The standard InChI is InChI=1S/C19H16ClF3N2O2S/c20-15-5-7-16(8-6-15)27-11-17(26)25-10-9-24-18(25)28-12-13-1-3-14(4-2-13)19(21,22)23/h1-8H,9-12H2. The lowest BCUT2D eigenvalue weighted by molar-refractivity contribution is -0.137. The molecule has 4 nitrogen and oxygen atoms in total. The van der Waals surface area contributed by atoms with Crippen LogP contribution in [0.1, 0.15) is 11.1 Å². The third-order valence-electron chi connectivity index (χ3n) is 3.93. The average molecular weight is 429 g/mol. The Balaban J connectivity index is 1.52. The Bertz CT molecular complexity index is 855. The zero-order valence-corrected chi connectivity index (χ0v) is 16.2. The second kappa shape index (κ2) is 8.87. The summed E-state index contributed by atoms with van der Waals surface area (Å²) in [6, 6.07) is 11.7. The molecule has 0 bridgehead atoms. The minimum absolute atomic E-state index is 0.137. The van der Waals surface area contributed by atoms with Gasteiger partial charge in [-0.15, -0.1) is 0 Å². The molecule has 28 heavy (non-hydrogen) atoms. The molecular formula is C19H16ClF3N2O2S. The molecule has 0 N–H and O–H groups in total. The van der Waals surface area contributed by atoms with Gasteiger partial charge in [-0.25, -0.2) is 0 Å². The fourth-order valence-corrected chi connectivity index (χ4v) is 3.62. The first-order chi connectivity index (χ1) is 13.3. The summed E-state index contributed by atoms with van der Waals surface area (Å²) in [5.41, 5.74) is 0.0352. The van der Waals surface area contributed by atoms with Crippen molar-refractivity contribution in [3.63, 3.8) is 0 Å². The lowest BCUT2D eigenvalue weighted by Gasteiger charge is -2.18. The molecule has 3 rings (SSSR count). The first-order valence-corrected chi connectivity index (χ1v) is 9.71. The molecular weight excluding hydrogens is 413 g/mol. The van der Waals surface area contributed by atoms with Crippen LogP contribution >= 0.6 is 23.4 Å². The third kappa shape index (κ3) is 5.42. The molecule has 1 heterocycles. The summed E-state index contributed by atoms with van der Waals surface area (Å²) < 4.78 is 43.3. The van der Waals surface area contributed by atoms with Crippen molar-refractivity contribution in [2.75, 3.05) is 19.7 Å². The molecule has 0 saturated carbocycles. The lowest BCUT2D eigenvalue weighted by Crippen LogP contribution is -2.36. The first-order valence-electron chi connectivity index (χ1n) is 8.35. The molecule has 0 unspecified atom stereocenters. The number of nitrogens with zero attached hydrogens (tertiary/aromatic N) is 2. The van der Waals surface area contributed by atoms with Crippen LogP contribution < -0.4 is 4.74 Å². The molecule has 0 aromatic heterocycles. The van der Waals surface area contributed by atoms with Crippen molar-refractivity contribution in [2.45, 2.75) is 11.9 Å². The molecule has 0 radical (unpaired) electrons. The molecule has 2 aromatic rings. The molecule has 0 aliphatic carbocycles. The molecule has 2 aromatic carbocycles. The molecule has 0 atom stereocenters. The summed E-state index contributed by atoms with van der Waals surface area (Å²) in [5, 5.41) is 1.12. The Hall–Kier alpha value is -2.19. The number of halogens is 4. The van der Waals surface area contributed by atoms with Gasteiger partial charge in [-0.3, -0.25) is 14.7 Å². The highest BCUT2D eigenvalue weighted by Gasteiger charge is 2.30. The van der Waals surface area contributed by atoms with E-state index in [-0.39, 0.29) is 12.5 Å². The summed E-state index contributed by atoms with van der Waals surface area (Å²) in [7, 11) is 0. The number of hydrogen-bond donors (Lipinski definition) is 0. The van der Waals surface area contributed by atoms with Gasteiger partial charge in [-0.05, 0) is 42.0 Å². The van der Waals surface area contributed by atoms with Crippen molar-refractivity contribution >= 4 is 34.4 Å². The van der Waals surface area contributed by atoms with Crippen LogP contribution in [0.4, 0.5) is 13.2 Å². The summed E-state index contributed by atoms with van der Waals surface area (Å²) in [6.07, 6.45) is -4.35. The highest BCUT2D eigenvalue weighted by atomic mass is 35.5. The van der Waals surface area contributed by atoms with Crippen LogP contribution in [0.3, 0.4) is 0 Å². The SMILES string of the molecule is O=C(COc1ccc(Cl)cc1)N1CCN=C1SCc1ccc(C(F)(F)F)cc1. The predicted octanol–water partition coefficient (Wildman–Crippen LogP) is 4.87. The fraction of sp³-hybridized carbons (Fsp3) is 0.263. The molecule has 1 aliphatic heterocycles. The Morgan fingerprint density at radius 3 is 2.46 bits per heavy atom. The van der Waals surface area contributed by atoms with Gasteiger partial charge < -0.3 is 4.74 Å². The van der Waals surface area contributed by atoms with E-state index in [1.165, 1.54) is 28.8 Å². The smallest absolute Gasteiger partial charge is 0.416 e. The number of amides is 1. The Labute approximate surface area is 169 Å². The van der Waals surface area contributed by atoms with Crippen molar-refractivity contribution < 1.29 is 22.7 Å². The van der Waals surface area contributed by atoms with E-state index < -0.39 is 11.7 Å². The Morgan fingerprint density at radius 2 is 1.82 bits per heavy atom. The highest BCUT2D eigenvalue weighted by molar-refractivity contribution is 8.13. The summed E-state index contributed by atoms with van der Waals surface area (Å²) >= 11 is 7.12. The van der Waals surface area contributed by atoms with Gasteiger partial charge in [-0.1, -0.05) is 35.5 Å². The highest BCUT2D eigenvalue weighted by Crippen LogP contribution is 2.30. The summed E-state index contributed by atoms with van der Waals surface area (Å²) in [5.74, 6) is 0.720. The van der Waals surface area contributed by atoms with Gasteiger partial charge >= 0.3 is 6.18 Å². The first kappa shape index (κ1) is 20.5. The second-order valence-corrected chi connectivity index (χ2v) is 7.31. The number of amidine groups is 1. The molecule has 0 fully saturated rings. The number of carbonyl (C=O) groups is 1. The minimum Gasteiger partial charge on any atom is -0.484 e. The number of carbonyl (C=O) groups excluding carboxylic acids is 1. The van der Waals surface area contributed by atoms with E-state index in [2.05, 4.69) is 4.99 Å². The zero-order valence-electron chi connectivity index (χ0n) is 14.6. The van der Waals surface area contributed by atoms with Crippen LogP contribution in [0.15, 0.2) is 53.5 Å². The molecule has 0 saturated heterocycles. The van der Waals surface area contributed by atoms with Crippen molar-refractivity contribution in [2.24, 2.45) is 4.99 Å². The van der Waals surface area contributed by atoms with Crippen LogP contribution in [-0.2, 0) is 16.7 Å². The zero-order chi connectivity index (χ0) is 20.1. The van der Waals surface area contributed by atoms with Crippen LogP contribution in [0.2, 0.25) is 5.02 Å². The van der Waals surface area contributed by atoms with E-state index in [0.717, 1.165) is 17.7 Å². The number of aliphatic imine (C=N–C) groups is 1. The quantitative estimate of drug-likeness (QED) is 0.682. The fourth-order valence-electron chi connectivity index (χ4n) is 2.47. The number of thioether (sulfide) groups is 1. The number of hydrogen-bond acceptors (Lipinski definition) is 4. The number of rotatable bonds is 5. The Morgan fingerprint density at radius 1 is 1.14 bits per heavy atom. The Kier molecular flexibility index (Phi) is 6.51.